The molecule has 4 rings (SSSR count). The van der Waals surface area contributed by atoms with E-state index < -0.39 is 15.8 Å². The highest BCUT2D eigenvalue weighted by molar-refractivity contribution is 7.91. The Balaban J connectivity index is 1.54. The van der Waals surface area contributed by atoms with Gasteiger partial charge in [-0.3, -0.25) is 0 Å². The molecule has 0 amide bonds. The highest BCUT2D eigenvalue weighted by Crippen LogP contribution is 2.27. The molecule has 1 N–H and O–H groups in total. The minimum absolute atomic E-state index is 0.268. The number of aromatic nitrogens is 1. The van der Waals surface area contributed by atoms with Crippen LogP contribution >= 0.6 is 0 Å². The molecule has 7 heteroatoms. The van der Waals surface area contributed by atoms with Crippen LogP contribution in [0.2, 0.25) is 0 Å². The van der Waals surface area contributed by atoms with Gasteiger partial charge in [-0.15, -0.1) is 0 Å². The quantitative estimate of drug-likeness (QED) is 0.672. The third-order valence-electron chi connectivity index (χ3n) is 5.48. The molecule has 0 bridgehead atoms. The zero-order valence-electron chi connectivity index (χ0n) is 16.8. The molecule has 1 fully saturated rings. The van der Waals surface area contributed by atoms with E-state index in [0.717, 1.165) is 48.1 Å². The number of fused-ring (bicyclic) bond motifs is 1. The smallest absolute Gasteiger partial charge is 0.219 e. The lowest BCUT2D eigenvalue weighted by molar-refractivity contribution is 0.159. The summed E-state index contributed by atoms with van der Waals surface area (Å²) >= 11 is 0. The number of hydrogen-bond donors (Lipinski definition) is 1. The monoisotopic (exact) mass is 413 g/mol. The Hall–Kier alpha value is -2.51. The van der Waals surface area contributed by atoms with Crippen molar-refractivity contribution < 1.29 is 13.3 Å². The Labute approximate surface area is 172 Å². The third-order valence-corrected chi connectivity index (χ3v) is 6.89. The highest BCUT2D eigenvalue weighted by atomic mass is 32.2. The number of likely N-dealkylation sites (tertiary alicyclic amines) is 1. The zero-order valence-corrected chi connectivity index (χ0v) is 17.7. The average molecular weight is 414 g/mol. The second-order valence-corrected chi connectivity index (χ2v) is 9.72. The van der Waals surface area contributed by atoms with Crippen LogP contribution in [-0.2, 0) is 9.84 Å². The van der Waals surface area contributed by atoms with Crippen molar-refractivity contribution in [2.24, 2.45) is 0 Å². The molecule has 154 valence electrons. The second kappa shape index (κ2) is 8.08. The third kappa shape index (κ3) is 4.41. The van der Waals surface area contributed by atoms with Crippen LogP contribution in [0, 0.1) is 6.92 Å². The van der Waals surface area contributed by atoms with Gasteiger partial charge in [0.25, 0.3) is 0 Å². The summed E-state index contributed by atoms with van der Waals surface area (Å²) < 4.78 is 26.9. The predicted octanol–water partition coefficient (Wildman–Crippen LogP) is 3.32. The van der Waals surface area contributed by atoms with Gasteiger partial charge in [0.2, 0.25) is 15.8 Å². The lowest BCUT2D eigenvalue weighted by atomic mass is 10.1. The minimum atomic E-state index is -3.54. The van der Waals surface area contributed by atoms with Crippen molar-refractivity contribution in [3.05, 3.63) is 60.3 Å². The van der Waals surface area contributed by atoms with E-state index in [0.29, 0.717) is 6.04 Å². The Morgan fingerprint density at radius 1 is 1.07 bits per heavy atom. The first-order valence-electron chi connectivity index (χ1n) is 9.90. The van der Waals surface area contributed by atoms with Crippen LogP contribution in [0.15, 0.2) is 59.6 Å². The second-order valence-electron chi connectivity index (χ2n) is 7.78. The number of piperidine rings is 1. The zero-order chi connectivity index (χ0) is 20.4. The summed E-state index contributed by atoms with van der Waals surface area (Å²) in [6, 6.07) is 15.1. The molecule has 29 heavy (non-hydrogen) atoms. The molecule has 0 aliphatic carbocycles. The fraction of sp³-hybridized carbons (Fsp3) is 0.364. The maximum absolute atomic E-state index is 12.6. The van der Waals surface area contributed by atoms with E-state index in [-0.39, 0.29) is 4.90 Å². The summed E-state index contributed by atoms with van der Waals surface area (Å²) in [5.74, 6) is -0.414. The van der Waals surface area contributed by atoms with Gasteiger partial charge in [-0.2, -0.15) is 4.73 Å². The number of hydrogen-bond acceptors (Lipinski definition) is 5. The molecule has 0 atom stereocenters. The van der Waals surface area contributed by atoms with E-state index >= 15 is 0 Å². The van der Waals surface area contributed by atoms with E-state index in [1.165, 1.54) is 0 Å². The van der Waals surface area contributed by atoms with Gasteiger partial charge in [-0.05, 0) is 58.1 Å². The Morgan fingerprint density at radius 3 is 2.48 bits per heavy atom. The van der Waals surface area contributed by atoms with Crippen LogP contribution in [0.1, 0.15) is 18.4 Å². The Bertz CT molecular complexity index is 1080. The molecule has 0 saturated carbocycles. The summed E-state index contributed by atoms with van der Waals surface area (Å²) in [5.41, 5.74) is 2.84. The van der Waals surface area contributed by atoms with Crippen LogP contribution in [0.5, 0.6) is 0 Å². The lowest BCUT2D eigenvalue weighted by Crippen LogP contribution is -2.36. The molecule has 3 aromatic rings. The SMILES string of the molecule is Cc1ccc(S(=O)(=O)COn2cc(NC3CCN(C)CC3)c3ccccc32)cc1. The van der Waals surface area contributed by atoms with Crippen molar-refractivity contribution in [2.45, 2.75) is 30.7 Å². The first kappa shape index (κ1) is 19.8. The molecule has 2 heterocycles. The Kier molecular flexibility index (Phi) is 5.52. The molecule has 1 saturated heterocycles. The summed E-state index contributed by atoms with van der Waals surface area (Å²) in [5, 5.41) is 4.65. The summed E-state index contributed by atoms with van der Waals surface area (Å²) in [6.45, 7) is 4.07. The van der Waals surface area contributed by atoms with E-state index in [2.05, 4.69) is 17.3 Å². The molecule has 0 unspecified atom stereocenters. The average Bonchev–Trinajstić information content (AvgIpc) is 3.06. The first-order chi connectivity index (χ1) is 13.9. The van der Waals surface area contributed by atoms with E-state index in [1.54, 1.807) is 29.0 Å². The van der Waals surface area contributed by atoms with Crippen molar-refractivity contribution in [2.75, 3.05) is 31.4 Å². The molecule has 0 radical (unpaired) electrons. The lowest BCUT2D eigenvalue weighted by Gasteiger charge is -2.29. The number of rotatable bonds is 6. The van der Waals surface area contributed by atoms with E-state index in [4.69, 9.17) is 4.84 Å². The van der Waals surface area contributed by atoms with Crippen LogP contribution < -0.4 is 10.2 Å². The molecule has 1 aliphatic rings. The van der Waals surface area contributed by atoms with Crippen molar-refractivity contribution in [1.29, 1.82) is 0 Å². The van der Waals surface area contributed by atoms with Gasteiger partial charge in [0, 0.05) is 11.4 Å². The number of anilines is 1. The van der Waals surface area contributed by atoms with Crippen molar-refractivity contribution in [1.82, 2.24) is 9.63 Å². The van der Waals surface area contributed by atoms with Crippen molar-refractivity contribution in [3.8, 4) is 0 Å². The molecule has 1 aliphatic heterocycles. The van der Waals surface area contributed by atoms with E-state index in [1.807, 2.05) is 37.4 Å². The number of nitrogens with zero attached hydrogens (tertiary/aromatic N) is 2. The van der Waals surface area contributed by atoms with Gasteiger partial charge in [0.1, 0.15) is 0 Å². The standard InChI is InChI=1S/C22H27N3O3S/c1-17-7-9-19(10-8-17)29(26,27)16-28-25-15-21(20-5-3-4-6-22(20)25)23-18-11-13-24(2)14-12-18/h3-10,15,18,23H,11-14,16H2,1-2H3. The fourth-order valence-corrected chi connectivity index (χ4v) is 4.62. The van der Waals surface area contributed by atoms with Gasteiger partial charge >= 0.3 is 0 Å². The van der Waals surface area contributed by atoms with Crippen molar-refractivity contribution in [3.63, 3.8) is 0 Å². The van der Waals surface area contributed by atoms with E-state index in [9.17, 15) is 8.42 Å². The molecule has 6 nitrogen and oxygen atoms in total. The van der Waals surface area contributed by atoms with Gasteiger partial charge < -0.3 is 15.1 Å². The maximum Gasteiger partial charge on any atom is 0.219 e. The van der Waals surface area contributed by atoms with Gasteiger partial charge in [0.15, 0.2) is 0 Å². The van der Waals surface area contributed by atoms with Gasteiger partial charge in [0.05, 0.1) is 22.3 Å². The maximum atomic E-state index is 12.6. The minimum Gasteiger partial charge on any atom is -0.397 e. The van der Waals surface area contributed by atoms with Crippen LogP contribution in [-0.4, -0.2) is 50.2 Å². The normalized spacial score (nSPS) is 16.2. The van der Waals surface area contributed by atoms with Crippen molar-refractivity contribution >= 4 is 26.4 Å². The van der Waals surface area contributed by atoms with Crippen LogP contribution in [0.4, 0.5) is 5.69 Å². The topological polar surface area (TPSA) is 63.6 Å². The molecular weight excluding hydrogens is 386 g/mol. The number of sulfone groups is 1. The molecule has 0 spiro atoms. The first-order valence-corrected chi connectivity index (χ1v) is 11.6. The number of nitrogens with one attached hydrogen (secondary N) is 1. The summed E-state index contributed by atoms with van der Waals surface area (Å²) in [7, 11) is -1.39. The van der Waals surface area contributed by atoms with Crippen LogP contribution in [0.25, 0.3) is 10.9 Å². The number of para-hydroxylation sites is 1. The molecule has 2 aromatic carbocycles. The largest absolute Gasteiger partial charge is 0.397 e. The van der Waals surface area contributed by atoms with Gasteiger partial charge in [-0.1, -0.05) is 35.9 Å². The molecule has 1 aromatic heterocycles. The highest BCUT2D eigenvalue weighted by Gasteiger charge is 2.20. The summed E-state index contributed by atoms with van der Waals surface area (Å²) in [4.78, 5) is 8.34. The Morgan fingerprint density at radius 2 is 1.76 bits per heavy atom. The van der Waals surface area contributed by atoms with Gasteiger partial charge in [-0.25, -0.2) is 8.42 Å². The molecular formula is C22H27N3O3S. The predicted molar refractivity (Wildman–Crippen MR) is 116 cm³/mol. The number of benzene rings is 2. The van der Waals surface area contributed by atoms with Crippen LogP contribution in [0.3, 0.4) is 0 Å². The summed E-state index contributed by atoms with van der Waals surface area (Å²) in [6.07, 6.45) is 4.02. The number of aryl methyl sites for hydroxylation is 1. The fourth-order valence-electron chi connectivity index (χ4n) is 3.68.